The number of ether oxygens (including phenoxy) is 1. The van der Waals surface area contributed by atoms with Crippen LogP contribution in [0.5, 0.6) is 0 Å². The minimum atomic E-state index is -0.519. The molecule has 2 amide bonds. The molecule has 0 aliphatic carbocycles. The monoisotopic (exact) mass is 427 g/mol. The van der Waals surface area contributed by atoms with E-state index in [9.17, 15) is 9.59 Å². The van der Waals surface area contributed by atoms with Gasteiger partial charge in [0.05, 0.1) is 24.5 Å². The summed E-state index contributed by atoms with van der Waals surface area (Å²) in [7, 11) is 1.86. The lowest BCUT2D eigenvalue weighted by molar-refractivity contribution is 0.0144. The highest BCUT2D eigenvalue weighted by Gasteiger charge is 2.32. The molecule has 0 aromatic heterocycles. The molecule has 2 saturated heterocycles. The Morgan fingerprint density at radius 3 is 2.55 bits per heavy atom. The zero-order valence-electron chi connectivity index (χ0n) is 17.4. The average Bonchev–Trinajstić information content (AvgIpc) is 3.06. The van der Waals surface area contributed by atoms with E-state index >= 15 is 4.39 Å². The number of anilines is 2. The number of hydrogen-bond acceptors (Lipinski definition) is 6. The van der Waals surface area contributed by atoms with Crippen LogP contribution < -0.4 is 15.5 Å². The maximum Gasteiger partial charge on any atom is 0.414 e. The van der Waals surface area contributed by atoms with Crippen molar-refractivity contribution in [2.45, 2.75) is 6.10 Å². The van der Waals surface area contributed by atoms with Crippen molar-refractivity contribution in [3.05, 3.63) is 59.9 Å². The molecule has 2 aliphatic rings. The molecule has 0 radical (unpaired) electrons. The molecule has 2 aromatic carbocycles. The van der Waals surface area contributed by atoms with E-state index in [1.165, 1.54) is 11.0 Å². The number of nitrogens with two attached hydrogens (primary N) is 1. The van der Waals surface area contributed by atoms with Crippen molar-refractivity contribution in [2.24, 2.45) is 5.73 Å². The molecule has 1 atom stereocenters. The smallest absolute Gasteiger partial charge is 0.414 e. The SMILES string of the molecule is CN1CCN(c2ccc(N3C[C@H](CN)OC3=O)cc2F)CCN1C(=O)c1ccccc1. The number of nitrogens with zero attached hydrogens (tertiary/aromatic N) is 4. The summed E-state index contributed by atoms with van der Waals surface area (Å²) in [5.74, 6) is -0.505. The summed E-state index contributed by atoms with van der Waals surface area (Å²) >= 11 is 0. The largest absolute Gasteiger partial charge is 0.443 e. The number of benzene rings is 2. The molecule has 2 N–H and O–H groups in total. The highest BCUT2D eigenvalue weighted by Crippen LogP contribution is 2.28. The molecular formula is C22H26FN5O3. The summed E-state index contributed by atoms with van der Waals surface area (Å²) in [5.41, 5.74) is 7.06. The topological polar surface area (TPSA) is 82.3 Å². The van der Waals surface area contributed by atoms with Gasteiger partial charge in [-0.15, -0.1) is 0 Å². The first-order valence-corrected chi connectivity index (χ1v) is 10.3. The van der Waals surface area contributed by atoms with Crippen molar-refractivity contribution in [1.29, 1.82) is 0 Å². The van der Waals surface area contributed by atoms with Crippen LogP contribution in [0.1, 0.15) is 10.4 Å². The highest BCUT2D eigenvalue weighted by atomic mass is 19.1. The molecule has 31 heavy (non-hydrogen) atoms. The summed E-state index contributed by atoms with van der Waals surface area (Å²) in [6.07, 6.45) is -0.904. The van der Waals surface area contributed by atoms with Crippen molar-refractivity contribution in [2.75, 3.05) is 56.1 Å². The summed E-state index contributed by atoms with van der Waals surface area (Å²) in [6, 6.07) is 13.8. The lowest BCUT2D eigenvalue weighted by atomic mass is 10.2. The molecule has 0 saturated carbocycles. The Morgan fingerprint density at radius 1 is 1.13 bits per heavy atom. The van der Waals surface area contributed by atoms with Gasteiger partial charge in [0.2, 0.25) is 0 Å². The van der Waals surface area contributed by atoms with Crippen LogP contribution in [0.4, 0.5) is 20.6 Å². The Morgan fingerprint density at radius 2 is 1.87 bits per heavy atom. The molecule has 0 bridgehead atoms. The first-order chi connectivity index (χ1) is 15.0. The second kappa shape index (κ2) is 8.91. The van der Waals surface area contributed by atoms with Gasteiger partial charge in [-0.1, -0.05) is 18.2 Å². The maximum absolute atomic E-state index is 15.0. The zero-order valence-corrected chi connectivity index (χ0v) is 17.4. The first kappa shape index (κ1) is 21.1. The molecule has 164 valence electrons. The van der Waals surface area contributed by atoms with Gasteiger partial charge in [0.15, 0.2) is 0 Å². The van der Waals surface area contributed by atoms with Crippen LogP contribution in [0.15, 0.2) is 48.5 Å². The van der Waals surface area contributed by atoms with E-state index in [-0.39, 0.29) is 18.6 Å². The van der Waals surface area contributed by atoms with Gasteiger partial charge in [-0.25, -0.2) is 14.2 Å². The molecule has 2 heterocycles. The standard InChI is InChI=1S/C22H26FN5O3/c1-25-9-10-26(11-12-28(25)21(29)16-5-3-2-4-6-16)20-8-7-17(13-19(20)23)27-15-18(14-24)31-22(27)30/h2-8,13,18H,9-12,14-15,24H2,1H3/t18-/m0/s1. The van der Waals surface area contributed by atoms with Crippen LogP contribution in [0.2, 0.25) is 0 Å². The van der Waals surface area contributed by atoms with Crippen molar-refractivity contribution in [1.82, 2.24) is 10.0 Å². The molecule has 0 spiro atoms. The third-order valence-electron chi connectivity index (χ3n) is 5.66. The van der Waals surface area contributed by atoms with Gasteiger partial charge in [-0.2, -0.15) is 0 Å². The molecular weight excluding hydrogens is 401 g/mol. The number of hydrazine groups is 1. The lowest BCUT2D eigenvalue weighted by Crippen LogP contribution is -2.44. The highest BCUT2D eigenvalue weighted by molar-refractivity contribution is 5.94. The van der Waals surface area contributed by atoms with Crippen molar-refractivity contribution >= 4 is 23.4 Å². The third-order valence-corrected chi connectivity index (χ3v) is 5.66. The van der Waals surface area contributed by atoms with Gasteiger partial charge in [0.25, 0.3) is 5.91 Å². The molecule has 0 unspecified atom stereocenters. The molecule has 4 rings (SSSR count). The van der Waals surface area contributed by atoms with Crippen molar-refractivity contribution < 1.29 is 18.7 Å². The minimum Gasteiger partial charge on any atom is -0.443 e. The number of carbonyl (C=O) groups is 2. The maximum atomic E-state index is 15.0. The van der Waals surface area contributed by atoms with E-state index in [1.807, 2.05) is 35.2 Å². The summed E-state index contributed by atoms with van der Waals surface area (Å²) in [6.45, 7) is 2.58. The fraction of sp³-hybridized carbons (Fsp3) is 0.364. The van der Waals surface area contributed by atoms with Crippen LogP contribution >= 0.6 is 0 Å². The Bertz CT molecular complexity index is 957. The predicted molar refractivity (Wildman–Crippen MR) is 115 cm³/mol. The van der Waals surface area contributed by atoms with Gasteiger partial charge in [0.1, 0.15) is 11.9 Å². The van der Waals surface area contributed by atoms with Crippen molar-refractivity contribution in [3.63, 3.8) is 0 Å². The predicted octanol–water partition coefficient (Wildman–Crippen LogP) is 1.92. The van der Waals surface area contributed by atoms with Gasteiger partial charge >= 0.3 is 6.09 Å². The van der Waals surface area contributed by atoms with Crippen LogP contribution in [0.25, 0.3) is 0 Å². The van der Waals surface area contributed by atoms with E-state index in [4.69, 9.17) is 10.5 Å². The second-order valence-corrected chi connectivity index (χ2v) is 7.65. The van der Waals surface area contributed by atoms with E-state index in [0.717, 1.165) is 0 Å². The number of hydrogen-bond donors (Lipinski definition) is 1. The Hall–Kier alpha value is -3.17. The van der Waals surface area contributed by atoms with Crippen LogP contribution in [0.3, 0.4) is 0 Å². The lowest BCUT2D eigenvalue weighted by Gasteiger charge is -2.29. The number of carbonyl (C=O) groups excluding carboxylic acids is 2. The summed E-state index contributed by atoms with van der Waals surface area (Å²) in [4.78, 5) is 28.2. The van der Waals surface area contributed by atoms with Crippen molar-refractivity contribution in [3.8, 4) is 0 Å². The van der Waals surface area contributed by atoms with E-state index < -0.39 is 11.9 Å². The normalized spacial score (nSPS) is 20.0. The van der Waals surface area contributed by atoms with Gasteiger partial charge in [0, 0.05) is 38.8 Å². The number of likely N-dealkylation sites (N-methyl/N-ethyl adjacent to an activating group) is 1. The van der Waals surface area contributed by atoms with Crippen LogP contribution in [-0.4, -0.2) is 74.4 Å². The number of amides is 2. The summed E-state index contributed by atoms with van der Waals surface area (Å²) in [5, 5.41) is 3.56. The molecule has 9 heteroatoms. The molecule has 2 fully saturated rings. The third kappa shape index (κ3) is 4.33. The minimum absolute atomic E-state index is 0.0808. The first-order valence-electron chi connectivity index (χ1n) is 10.3. The second-order valence-electron chi connectivity index (χ2n) is 7.65. The van der Waals surface area contributed by atoms with E-state index in [2.05, 4.69) is 0 Å². The van der Waals surface area contributed by atoms with Crippen LogP contribution in [0, 0.1) is 5.82 Å². The van der Waals surface area contributed by atoms with Crippen LogP contribution in [-0.2, 0) is 4.74 Å². The fourth-order valence-corrected chi connectivity index (χ4v) is 3.89. The fourth-order valence-electron chi connectivity index (χ4n) is 3.89. The summed E-state index contributed by atoms with van der Waals surface area (Å²) < 4.78 is 20.2. The zero-order chi connectivity index (χ0) is 22.0. The number of halogens is 1. The molecule has 2 aliphatic heterocycles. The van der Waals surface area contributed by atoms with Gasteiger partial charge in [-0.05, 0) is 30.3 Å². The average molecular weight is 427 g/mol. The molecule has 8 nitrogen and oxygen atoms in total. The van der Waals surface area contributed by atoms with E-state index in [0.29, 0.717) is 49.7 Å². The van der Waals surface area contributed by atoms with Gasteiger partial charge in [-0.3, -0.25) is 14.7 Å². The number of cyclic esters (lactones) is 1. The number of rotatable bonds is 4. The quantitative estimate of drug-likeness (QED) is 0.803. The Balaban J connectivity index is 1.48. The van der Waals surface area contributed by atoms with E-state index in [1.54, 1.807) is 29.3 Å². The molecule has 2 aromatic rings. The Kier molecular flexibility index (Phi) is 6.06. The van der Waals surface area contributed by atoms with Gasteiger partial charge < -0.3 is 15.4 Å². The Labute approximate surface area is 180 Å².